The number of aliphatic hydroxyl groups excluding tert-OH is 2. The summed E-state index contributed by atoms with van der Waals surface area (Å²) in [7, 11) is 3.21. The number of aliphatic hydroxyl groups is 3. The normalized spacial score (nSPS) is 47.6. The first kappa shape index (κ1) is 48.2. The van der Waals surface area contributed by atoms with Crippen molar-refractivity contribution in [3.63, 3.8) is 0 Å². The molecule has 3 N–H and O–H groups in total. The first-order valence-corrected chi connectivity index (χ1v) is 22.8. The molecule has 0 aromatic rings. The van der Waals surface area contributed by atoms with Crippen molar-refractivity contribution in [3.05, 3.63) is 59.3 Å². The second kappa shape index (κ2) is 20.0. The SMILES string of the molecule is C#CCC(C)C1O[C@]2(C=C[C@@H]1C)C[C@@H]1C[C@@H](C/C=C(/C)[C@@H](O[C@H]3C[C@H](OC)[C@@H](O[C@H]4C[C@H](OC)[C@@H](O)[C@H](C)O4)[C@H](C)O3)[C@@H](C)/C=C\C=C3CO[C@@H]4[C@H](O)C(C)=C[C@@H](C(=O)O1)[C@]34O)O2. The van der Waals surface area contributed by atoms with Gasteiger partial charge in [-0.1, -0.05) is 57.2 Å². The van der Waals surface area contributed by atoms with E-state index >= 15 is 0 Å². The van der Waals surface area contributed by atoms with E-state index in [9.17, 15) is 20.1 Å². The van der Waals surface area contributed by atoms with Crippen molar-refractivity contribution in [2.45, 2.75) is 184 Å². The summed E-state index contributed by atoms with van der Waals surface area (Å²) in [5.74, 6) is -0.240. The first-order chi connectivity index (χ1) is 30.0. The quantitative estimate of drug-likeness (QED) is 0.169. The molecule has 4 saturated heterocycles. The number of rotatable bonds is 8. The summed E-state index contributed by atoms with van der Waals surface area (Å²) in [4.78, 5) is 14.4. The summed E-state index contributed by atoms with van der Waals surface area (Å²) in [6.45, 7) is 13.7. The zero-order valence-electron chi connectivity index (χ0n) is 38.3. The summed E-state index contributed by atoms with van der Waals surface area (Å²) in [5.41, 5.74) is 0.0638. The lowest BCUT2D eigenvalue weighted by molar-refractivity contribution is -0.318. The standard InChI is InChI=1S/C49H70O14/c1-11-13-26(2)44-29(5)18-19-48(63-44)24-35-21-34(62-48)17-16-28(4)43(27(3)14-12-15-33-25-56-46-41(50)30(6)20-36(47(52)59-35)49(33,46)53)60-40-23-38(55-10)45(32(8)58-40)61-39-22-37(54-9)42(51)31(7)57-39/h1,12,14-16,18-20,26-27,29,31-32,34-46,50-51,53H,13,17,21-25H2,2-10H3/b14-12-,28-16-,33-15?/t26?,27-,29-,31-,32-,34+,35-,36-,37-,38-,39-,40-,41+,42-,43-,44?,45-,46+,48+,49+/m0/s1. The topological polar surface area (TPSA) is 170 Å². The fraction of sp³-hybridized carbons (Fsp3) is 0.735. The molecule has 2 bridgehead atoms. The summed E-state index contributed by atoms with van der Waals surface area (Å²) in [5, 5.41) is 34.2. The van der Waals surface area contributed by atoms with Crippen LogP contribution in [-0.4, -0.2) is 139 Å². The zero-order valence-corrected chi connectivity index (χ0v) is 38.3. The van der Waals surface area contributed by atoms with Crippen LogP contribution in [0.3, 0.4) is 0 Å². The molecular formula is C49H70O14. The van der Waals surface area contributed by atoms with Crippen LogP contribution in [0.4, 0.5) is 0 Å². The van der Waals surface area contributed by atoms with Crippen LogP contribution in [0.5, 0.6) is 0 Å². The van der Waals surface area contributed by atoms with Crippen molar-refractivity contribution in [1.82, 2.24) is 0 Å². The molecule has 6 heterocycles. The van der Waals surface area contributed by atoms with Gasteiger partial charge in [-0.3, -0.25) is 4.79 Å². The number of terminal acetylenes is 1. The van der Waals surface area contributed by atoms with Crippen LogP contribution >= 0.6 is 0 Å². The van der Waals surface area contributed by atoms with Gasteiger partial charge >= 0.3 is 5.97 Å². The summed E-state index contributed by atoms with van der Waals surface area (Å²) < 4.78 is 63.6. The van der Waals surface area contributed by atoms with Gasteiger partial charge < -0.3 is 62.7 Å². The van der Waals surface area contributed by atoms with E-state index in [-0.39, 0.29) is 36.9 Å². The molecule has 63 heavy (non-hydrogen) atoms. The Hall–Kier alpha value is -2.75. The number of methoxy groups -OCH3 is 2. The van der Waals surface area contributed by atoms with E-state index < -0.39 is 103 Å². The fourth-order valence-corrected chi connectivity index (χ4v) is 10.6. The molecule has 20 atom stereocenters. The van der Waals surface area contributed by atoms with Crippen LogP contribution in [0.2, 0.25) is 0 Å². The fourth-order valence-electron chi connectivity index (χ4n) is 10.6. The first-order valence-electron chi connectivity index (χ1n) is 22.8. The van der Waals surface area contributed by atoms with E-state index in [0.717, 1.165) is 5.57 Å². The Morgan fingerprint density at radius 3 is 2.37 bits per heavy atom. The van der Waals surface area contributed by atoms with Crippen LogP contribution in [0.1, 0.15) is 87.0 Å². The maximum atomic E-state index is 14.4. The van der Waals surface area contributed by atoms with Gasteiger partial charge in [-0.05, 0) is 62.8 Å². The number of allylic oxidation sites excluding steroid dienone is 2. The van der Waals surface area contributed by atoms with Crippen LogP contribution < -0.4 is 0 Å². The molecule has 14 heteroatoms. The summed E-state index contributed by atoms with van der Waals surface area (Å²) in [6.07, 6.45) is 13.2. The molecule has 350 valence electrons. The number of hydrogen-bond donors (Lipinski definition) is 3. The van der Waals surface area contributed by atoms with Crippen molar-refractivity contribution in [2.24, 2.45) is 23.7 Å². The Kier molecular flexibility index (Phi) is 15.3. The molecule has 0 aromatic carbocycles. The van der Waals surface area contributed by atoms with E-state index in [4.69, 9.17) is 53.8 Å². The van der Waals surface area contributed by atoms with Crippen molar-refractivity contribution < 1.29 is 67.5 Å². The monoisotopic (exact) mass is 882 g/mol. The van der Waals surface area contributed by atoms with Crippen molar-refractivity contribution in [2.75, 3.05) is 20.8 Å². The smallest absolute Gasteiger partial charge is 0.316 e. The Morgan fingerprint density at radius 1 is 0.921 bits per heavy atom. The lowest BCUT2D eigenvalue weighted by atomic mass is 9.71. The third-order valence-corrected chi connectivity index (χ3v) is 14.3. The summed E-state index contributed by atoms with van der Waals surface area (Å²) in [6, 6.07) is 0. The number of carbonyl (C=O) groups excluding carboxylic acids is 1. The van der Waals surface area contributed by atoms with Gasteiger partial charge in [0.15, 0.2) is 18.4 Å². The van der Waals surface area contributed by atoms with Crippen molar-refractivity contribution in [1.29, 1.82) is 0 Å². The lowest BCUT2D eigenvalue weighted by Gasteiger charge is -2.48. The molecule has 0 amide bonds. The third kappa shape index (κ3) is 10.0. The predicted molar refractivity (Wildman–Crippen MR) is 230 cm³/mol. The molecule has 0 saturated carbocycles. The van der Waals surface area contributed by atoms with Gasteiger partial charge in [-0.2, -0.15) is 0 Å². The van der Waals surface area contributed by atoms with Gasteiger partial charge in [0, 0.05) is 58.2 Å². The number of esters is 1. The van der Waals surface area contributed by atoms with Crippen LogP contribution in [0, 0.1) is 36.0 Å². The molecule has 0 aromatic heterocycles. The van der Waals surface area contributed by atoms with Gasteiger partial charge in [-0.15, -0.1) is 12.3 Å². The number of ether oxygens (including phenoxy) is 10. The van der Waals surface area contributed by atoms with Crippen molar-refractivity contribution in [3.8, 4) is 12.3 Å². The second-order valence-electron chi connectivity index (χ2n) is 19.0. The highest BCUT2D eigenvalue weighted by molar-refractivity contribution is 5.78. The molecule has 2 unspecified atom stereocenters. The average molecular weight is 883 g/mol. The highest BCUT2D eigenvalue weighted by atomic mass is 16.7. The minimum absolute atomic E-state index is 0.0180. The third-order valence-electron chi connectivity index (χ3n) is 14.3. The molecule has 0 radical (unpaired) electrons. The maximum Gasteiger partial charge on any atom is 0.316 e. The number of hydrogen-bond acceptors (Lipinski definition) is 14. The molecule has 1 spiro atoms. The molecule has 7 aliphatic rings. The Bertz CT molecular complexity index is 1820. The van der Waals surface area contributed by atoms with E-state index in [1.807, 2.05) is 32.1 Å². The molecular weight excluding hydrogens is 813 g/mol. The van der Waals surface area contributed by atoms with E-state index in [1.165, 1.54) is 0 Å². The zero-order chi connectivity index (χ0) is 45.4. The van der Waals surface area contributed by atoms with Gasteiger partial charge in [0.2, 0.25) is 0 Å². The van der Waals surface area contributed by atoms with Crippen molar-refractivity contribution >= 4 is 5.97 Å². The minimum Gasteiger partial charge on any atom is -0.462 e. The number of carbonyl (C=O) groups is 1. The van der Waals surface area contributed by atoms with Gasteiger partial charge in [0.1, 0.15) is 42.0 Å². The molecule has 14 nitrogen and oxygen atoms in total. The van der Waals surface area contributed by atoms with E-state index in [2.05, 4.69) is 38.8 Å². The largest absolute Gasteiger partial charge is 0.462 e. The van der Waals surface area contributed by atoms with Gasteiger partial charge in [0.25, 0.3) is 0 Å². The van der Waals surface area contributed by atoms with Crippen LogP contribution in [-0.2, 0) is 52.2 Å². The van der Waals surface area contributed by atoms with Gasteiger partial charge in [0.05, 0.1) is 49.3 Å². The Balaban J connectivity index is 1.18. The highest BCUT2D eigenvalue weighted by Gasteiger charge is 2.60. The number of fused-ring (bicyclic) bond motifs is 2. The predicted octanol–water partition coefficient (Wildman–Crippen LogP) is 4.99. The van der Waals surface area contributed by atoms with Crippen LogP contribution in [0.25, 0.3) is 0 Å². The van der Waals surface area contributed by atoms with E-state index in [1.54, 1.807) is 40.2 Å². The van der Waals surface area contributed by atoms with E-state index in [0.29, 0.717) is 43.3 Å². The molecule has 6 aliphatic heterocycles. The highest BCUT2D eigenvalue weighted by Crippen LogP contribution is 2.47. The molecule has 7 rings (SSSR count). The lowest BCUT2D eigenvalue weighted by Crippen LogP contribution is -2.58. The minimum atomic E-state index is -1.86. The van der Waals surface area contributed by atoms with Crippen LogP contribution in [0.15, 0.2) is 59.3 Å². The molecule has 4 fully saturated rings. The Morgan fingerprint density at radius 2 is 1.63 bits per heavy atom. The average Bonchev–Trinajstić information content (AvgIpc) is 3.59. The Labute approximate surface area is 372 Å². The maximum absolute atomic E-state index is 14.4. The molecule has 1 aliphatic carbocycles. The summed E-state index contributed by atoms with van der Waals surface area (Å²) >= 11 is 0. The van der Waals surface area contributed by atoms with Gasteiger partial charge in [-0.25, -0.2) is 0 Å². The second-order valence-corrected chi connectivity index (χ2v) is 19.0.